The number of hydrogen-bond acceptors (Lipinski definition) is 4. The Morgan fingerprint density at radius 2 is 1.79 bits per heavy atom. The standard InChI is InChI=1S/C14H17NO3S/c1-9-4-6-12(7-5-9)15-13(18)8-19-14(10(2)16)11(3)17/h4-7,16H,8H2,1-3H3,(H,15,18). The summed E-state index contributed by atoms with van der Waals surface area (Å²) in [7, 11) is 0. The Bertz CT molecular complexity index is 502. The first-order valence-corrected chi connectivity index (χ1v) is 6.79. The van der Waals surface area contributed by atoms with E-state index >= 15 is 0 Å². The summed E-state index contributed by atoms with van der Waals surface area (Å²) >= 11 is 1.04. The van der Waals surface area contributed by atoms with E-state index in [1.165, 1.54) is 13.8 Å². The van der Waals surface area contributed by atoms with Gasteiger partial charge < -0.3 is 10.4 Å². The molecule has 0 aliphatic carbocycles. The van der Waals surface area contributed by atoms with Crippen molar-refractivity contribution < 1.29 is 14.7 Å². The lowest BCUT2D eigenvalue weighted by Crippen LogP contribution is -2.15. The van der Waals surface area contributed by atoms with Crippen LogP contribution in [0, 0.1) is 6.92 Å². The molecule has 2 N–H and O–H groups in total. The summed E-state index contributed by atoms with van der Waals surface area (Å²) in [6.07, 6.45) is 0. The first-order chi connectivity index (χ1) is 8.90. The minimum absolute atomic E-state index is 0.0550. The van der Waals surface area contributed by atoms with Crippen LogP contribution in [-0.4, -0.2) is 22.5 Å². The molecule has 0 aromatic heterocycles. The third-order valence-corrected chi connectivity index (χ3v) is 3.61. The fraction of sp³-hybridized carbons (Fsp3) is 0.286. The molecule has 102 valence electrons. The number of benzene rings is 1. The molecule has 19 heavy (non-hydrogen) atoms. The molecule has 1 amide bonds. The van der Waals surface area contributed by atoms with E-state index in [9.17, 15) is 14.7 Å². The Kier molecular flexibility index (Phi) is 5.63. The van der Waals surface area contributed by atoms with Crippen LogP contribution in [0.3, 0.4) is 0 Å². The maximum Gasteiger partial charge on any atom is 0.234 e. The molecule has 4 nitrogen and oxygen atoms in total. The monoisotopic (exact) mass is 279 g/mol. The maximum absolute atomic E-state index is 11.7. The second-order valence-electron chi connectivity index (χ2n) is 4.17. The average Bonchev–Trinajstić information content (AvgIpc) is 2.31. The number of rotatable bonds is 5. The number of carbonyl (C=O) groups is 2. The second kappa shape index (κ2) is 6.99. The van der Waals surface area contributed by atoms with Crippen molar-refractivity contribution in [3.05, 3.63) is 40.5 Å². The molecule has 0 bridgehead atoms. The molecule has 5 heteroatoms. The molecule has 0 heterocycles. The Hall–Kier alpha value is -1.75. The van der Waals surface area contributed by atoms with Crippen molar-refractivity contribution in [3.8, 4) is 0 Å². The van der Waals surface area contributed by atoms with Gasteiger partial charge in [-0.15, -0.1) is 11.8 Å². The molecule has 0 aliphatic rings. The molecule has 0 saturated heterocycles. The zero-order valence-corrected chi connectivity index (χ0v) is 12.0. The number of allylic oxidation sites excluding steroid dienone is 2. The van der Waals surface area contributed by atoms with Gasteiger partial charge in [0.1, 0.15) is 5.76 Å². The minimum Gasteiger partial charge on any atom is -0.511 e. The molecule has 0 atom stereocenters. The van der Waals surface area contributed by atoms with Crippen molar-refractivity contribution in [1.29, 1.82) is 0 Å². The van der Waals surface area contributed by atoms with Crippen LogP contribution < -0.4 is 5.32 Å². The molecule has 0 radical (unpaired) electrons. The molecule has 0 fully saturated rings. The number of anilines is 1. The van der Waals surface area contributed by atoms with Crippen LogP contribution in [0.5, 0.6) is 0 Å². The Balaban J connectivity index is 2.55. The highest BCUT2D eigenvalue weighted by Gasteiger charge is 2.11. The van der Waals surface area contributed by atoms with Gasteiger partial charge >= 0.3 is 0 Å². The number of hydrogen-bond donors (Lipinski definition) is 2. The summed E-state index contributed by atoms with van der Waals surface area (Å²) in [5.74, 6) is -0.427. The number of aliphatic hydroxyl groups excluding tert-OH is 1. The number of ketones is 1. The summed E-state index contributed by atoms with van der Waals surface area (Å²) in [6, 6.07) is 7.44. The van der Waals surface area contributed by atoms with Gasteiger partial charge in [0.2, 0.25) is 5.91 Å². The largest absolute Gasteiger partial charge is 0.511 e. The summed E-state index contributed by atoms with van der Waals surface area (Å²) in [5, 5.41) is 12.0. The maximum atomic E-state index is 11.7. The Morgan fingerprint density at radius 3 is 2.26 bits per heavy atom. The lowest BCUT2D eigenvalue weighted by molar-refractivity contribution is -0.114. The number of amides is 1. The average molecular weight is 279 g/mol. The summed E-state index contributed by atoms with van der Waals surface area (Å²) in [6.45, 7) is 4.76. The van der Waals surface area contributed by atoms with E-state index in [-0.39, 0.29) is 28.1 Å². The van der Waals surface area contributed by atoms with E-state index in [1.807, 2.05) is 31.2 Å². The molecule has 0 unspecified atom stereocenters. The van der Waals surface area contributed by atoms with Crippen LogP contribution in [-0.2, 0) is 9.59 Å². The molecule has 0 spiro atoms. The van der Waals surface area contributed by atoms with Crippen molar-refractivity contribution in [1.82, 2.24) is 0 Å². The molecule has 1 aromatic carbocycles. The molecule has 0 saturated carbocycles. The number of aliphatic hydroxyl groups is 1. The van der Waals surface area contributed by atoms with Crippen molar-refractivity contribution in [3.63, 3.8) is 0 Å². The Labute approximate surface area is 116 Å². The van der Waals surface area contributed by atoms with Gasteiger partial charge in [0, 0.05) is 5.69 Å². The van der Waals surface area contributed by atoms with E-state index in [4.69, 9.17) is 0 Å². The van der Waals surface area contributed by atoms with Crippen LogP contribution in [0.2, 0.25) is 0 Å². The van der Waals surface area contributed by atoms with Gasteiger partial charge in [-0.2, -0.15) is 0 Å². The SMILES string of the molecule is CC(=O)C(SCC(=O)Nc1ccc(C)cc1)=C(C)O. The van der Waals surface area contributed by atoms with Crippen LogP contribution in [0.4, 0.5) is 5.69 Å². The van der Waals surface area contributed by atoms with Crippen molar-refractivity contribution in [2.24, 2.45) is 0 Å². The third kappa shape index (κ3) is 5.18. The minimum atomic E-state index is -0.242. The zero-order chi connectivity index (χ0) is 14.4. The number of carbonyl (C=O) groups excluding carboxylic acids is 2. The topological polar surface area (TPSA) is 66.4 Å². The highest BCUT2D eigenvalue weighted by molar-refractivity contribution is 8.04. The molecule has 1 rings (SSSR count). The quantitative estimate of drug-likeness (QED) is 0.642. The third-order valence-electron chi connectivity index (χ3n) is 2.33. The molecule has 0 aliphatic heterocycles. The van der Waals surface area contributed by atoms with E-state index in [0.29, 0.717) is 5.69 Å². The molecular formula is C14H17NO3S. The van der Waals surface area contributed by atoms with Gasteiger partial charge in [-0.25, -0.2) is 0 Å². The number of nitrogens with one attached hydrogen (secondary N) is 1. The second-order valence-corrected chi connectivity index (χ2v) is 5.16. The fourth-order valence-corrected chi connectivity index (χ4v) is 2.19. The normalized spacial score (nSPS) is 11.7. The lowest BCUT2D eigenvalue weighted by atomic mass is 10.2. The fourth-order valence-electron chi connectivity index (χ4n) is 1.43. The smallest absolute Gasteiger partial charge is 0.234 e. The van der Waals surface area contributed by atoms with Gasteiger partial charge in [-0.3, -0.25) is 9.59 Å². The number of thioether (sulfide) groups is 1. The van der Waals surface area contributed by atoms with Gasteiger partial charge in [0.05, 0.1) is 10.7 Å². The predicted octanol–water partition coefficient (Wildman–Crippen LogP) is 3.05. The highest BCUT2D eigenvalue weighted by Crippen LogP contribution is 2.20. The van der Waals surface area contributed by atoms with Gasteiger partial charge in [0.15, 0.2) is 5.78 Å². The van der Waals surface area contributed by atoms with Crippen molar-refractivity contribution in [2.75, 3.05) is 11.1 Å². The van der Waals surface area contributed by atoms with E-state index in [0.717, 1.165) is 17.3 Å². The predicted molar refractivity (Wildman–Crippen MR) is 78.3 cm³/mol. The first kappa shape index (κ1) is 15.3. The van der Waals surface area contributed by atoms with Crippen LogP contribution in [0.15, 0.2) is 34.9 Å². The van der Waals surface area contributed by atoms with Crippen LogP contribution in [0.25, 0.3) is 0 Å². The summed E-state index contributed by atoms with van der Waals surface area (Å²) in [5.41, 5.74) is 1.83. The number of Topliss-reactive ketones (excluding diaryl/α,β-unsaturated/α-hetero) is 1. The van der Waals surface area contributed by atoms with Crippen LogP contribution >= 0.6 is 11.8 Å². The molecule has 1 aromatic rings. The van der Waals surface area contributed by atoms with Gasteiger partial charge in [0.25, 0.3) is 0 Å². The summed E-state index contributed by atoms with van der Waals surface area (Å²) in [4.78, 5) is 23.1. The van der Waals surface area contributed by atoms with Crippen molar-refractivity contribution >= 4 is 29.1 Å². The first-order valence-electron chi connectivity index (χ1n) is 5.80. The van der Waals surface area contributed by atoms with E-state index in [2.05, 4.69) is 5.32 Å². The molecular weight excluding hydrogens is 262 g/mol. The van der Waals surface area contributed by atoms with E-state index < -0.39 is 0 Å². The zero-order valence-electron chi connectivity index (χ0n) is 11.2. The summed E-state index contributed by atoms with van der Waals surface area (Å²) < 4.78 is 0. The van der Waals surface area contributed by atoms with Crippen LogP contribution in [0.1, 0.15) is 19.4 Å². The number of aryl methyl sites for hydroxylation is 1. The van der Waals surface area contributed by atoms with E-state index in [1.54, 1.807) is 0 Å². The van der Waals surface area contributed by atoms with Crippen molar-refractivity contribution in [2.45, 2.75) is 20.8 Å². The lowest BCUT2D eigenvalue weighted by Gasteiger charge is -2.07. The Morgan fingerprint density at radius 1 is 1.21 bits per heavy atom. The van der Waals surface area contributed by atoms with Gasteiger partial charge in [-0.05, 0) is 32.9 Å². The van der Waals surface area contributed by atoms with Gasteiger partial charge in [-0.1, -0.05) is 17.7 Å². The highest BCUT2D eigenvalue weighted by atomic mass is 32.2.